The Morgan fingerprint density at radius 3 is 2.61 bits per heavy atom. The van der Waals surface area contributed by atoms with Gasteiger partial charge < -0.3 is 20.5 Å². The molecule has 1 atom stereocenters. The molecule has 0 bridgehead atoms. The van der Waals surface area contributed by atoms with Crippen molar-refractivity contribution in [1.82, 2.24) is 5.32 Å². The number of nitrogens with two attached hydrogens (primary N) is 1. The van der Waals surface area contributed by atoms with Gasteiger partial charge in [-0.1, -0.05) is 19.1 Å². The van der Waals surface area contributed by atoms with Crippen LogP contribution in [0.5, 0.6) is 11.5 Å². The summed E-state index contributed by atoms with van der Waals surface area (Å²) in [6, 6.07) is 7.20. The van der Waals surface area contributed by atoms with Crippen molar-refractivity contribution in [1.29, 1.82) is 0 Å². The Kier molecular flexibility index (Phi) is 6.00. The molecule has 5 heteroatoms. The number of rotatable bonds is 7. The van der Waals surface area contributed by atoms with Crippen molar-refractivity contribution < 1.29 is 14.3 Å². The lowest BCUT2D eigenvalue weighted by Gasteiger charge is -2.15. The maximum atomic E-state index is 11.6. The van der Waals surface area contributed by atoms with Crippen LogP contribution in [0.2, 0.25) is 0 Å². The molecule has 1 aromatic carbocycles. The molecule has 0 aliphatic carbocycles. The van der Waals surface area contributed by atoms with Crippen LogP contribution in [0.15, 0.2) is 24.3 Å². The van der Waals surface area contributed by atoms with Gasteiger partial charge in [0, 0.05) is 12.6 Å². The molecule has 1 aromatic rings. The van der Waals surface area contributed by atoms with Crippen LogP contribution in [0, 0.1) is 0 Å². The van der Waals surface area contributed by atoms with Gasteiger partial charge in [0.05, 0.1) is 7.11 Å². The minimum atomic E-state index is -0.182. The van der Waals surface area contributed by atoms with Crippen molar-refractivity contribution in [3.8, 4) is 11.5 Å². The number of para-hydroxylation sites is 2. The fourth-order valence-corrected chi connectivity index (χ4v) is 1.48. The lowest BCUT2D eigenvalue weighted by Crippen LogP contribution is -2.41. The smallest absolute Gasteiger partial charge is 0.258 e. The summed E-state index contributed by atoms with van der Waals surface area (Å²) in [4.78, 5) is 11.6. The second kappa shape index (κ2) is 7.55. The number of nitrogens with one attached hydrogen (secondary N) is 1. The monoisotopic (exact) mass is 252 g/mol. The van der Waals surface area contributed by atoms with Gasteiger partial charge in [-0.25, -0.2) is 0 Å². The summed E-state index contributed by atoms with van der Waals surface area (Å²) in [7, 11) is 1.56. The van der Waals surface area contributed by atoms with Crippen LogP contribution in [0.3, 0.4) is 0 Å². The molecule has 5 nitrogen and oxygen atoms in total. The van der Waals surface area contributed by atoms with Crippen LogP contribution in [0.1, 0.15) is 13.3 Å². The van der Waals surface area contributed by atoms with E-state index in [2.05, 4.69) is 5.32 Å². The van der Waals surface area contributed by atoms with E-state index in [0.29, 0.717) is 18.0 Å². The van der Waals surface area contributed by atoms with Gasteiger partial charge in [-0.3, -0.25) is 4.79 Å². The van der Waals surface area contributed by atoms with E-state index in [1.807, 2.05) is 19.1 Å². The fourth-order valence-electron chi connectivity index (χ4n) is 1.48. The van der Waals surface area contributed by atoms with Crippen LogP contribution >= 0.6 is 0 Å². The first kappa shape index (κ1) is 14.3. The van der Waals surface area contributed by atoms with E-state index in [9.17, 15) is 4.79 Å². The maximum Gasteiger partial charge on any atom is 0.258 e. The molecule has 18 heavy (non-hydrogen) atoms. The Hall–Kier alpha value is -1.75. The standard InChI is InChI=1S/C13H20N2O3/c1-3-10(8-14)15-13(16)9-18-12-7-5-4-6-11(12)17-2/h4-7,10H,3,8-9,14H2,1-2H3,(H,15,16). The Bertz CT molecular complexity index is 378. The Balaban J connectivity index is 2.47. The zero-order chi connectivity index (χ0) is 13.4. The molecule has 0 spiro atoms. The van der Waals surface area contributed by atoms with Gasteiger partial charge in [-0.05, 0) is 18.6 Å². The molecule has 3 N–H and O–H groups in total. The molecule has 1 rings (SSSR count). The van der Waals surface area contributed by atoms with Crippen LogP contribution in [0.4, 0.5) is 0 Å². The number of methoxy groups -OCH3 is 1. The molecule has 0 aliphatic heterocycles. The predicted octanol–water partition coefficient (Wildman–Crippen LogP) is 0.927. The van der Waals surface area contributed by atoms with E-state index in [0.717, 1.165) is 6.42 Å². The summed E-state index contributed by atoms with van der Waals surface area (Å²) in [5, 5.41) is 2.79. The lowest BCUT2D eigenvalue weighted by molar-refractivity contribution is -0.123. The Morgan fingerprint density at radius 1 is 1.39 bits per heavy atom. The quantitative estimate of drug-likeness (QED) is 0.757. The zero-order valence-electron chi connectivity index (χ0n) is 10.8. The first-order valence-electron chi connectivity index (χ1n) is 5.96. The van der Waals surface area contributed by atoms with Crippen LogP contribution in [0.25, 0.3) is 0 Å². The molecule has 0 heterocycles. The number of benzene rings is 1. The summed E-state index contributed by atoms with van der Waals surface area (Å²) >= 11 is 0. The van der Waals surface area contributed by atoms with Crippen molar-refractivity contribution in [2.75, 3.05) is 20.3 Å². The maximum absolute atomic E-state index is 11.6. The number of carbonyl (C=O) groups excluding carboxylic acids is 1. The molecule has 0 fully saturated rings. The van der Waals surface area contributed by atoms with E-state index in [4.69, 9.17) is 15.2 Å². The van der Waals surface area contributed by atoms with E-state index >= 15 is 0 Å². The summed E-state index contributed by atoms with van der Waals surface area (Å²) < 4.78 is 10.5. The summed E-state index contributed by atoms with van der Waals surface area (Å²) in [6.45, 7) is 2.35. The number of hydrogen-bond donors (Lipinski definition) is 2. The second-order valence-corrected chi connectivity index (χ2v) is 3.85. The van der Waals surface area contributed by atoms with E-state index in [1.165, 1.54) is 0 Å². The molecule has 100 valence electrons. The van der Waals surface area contributed by atoms with E-state index in [1.54, 1.807) is 19.2 Å². The minimum Gasteiger partial charge on any atom is -0.493 e. The summed E-state index contributed by atoms with van der Waals surface area (Å²) in [6.07, 6.45) is 0.802. The lowest BCUT2D eigenvalue weighted by atomic mass is 10.2. The minimum absolute atomic E-state index is 0.00114. The molecule has 1 unspecified atom stereocenters. The Labute approximate surface area is 107 Å². The van der Waals surface area contributed by atoms with Gasteiger partial charge in [-0.2, -0.15) is 0 Å². The van der Waals surface area contributed by atoms with Crippen molar-refractivity contribution in [2.45, 2.75) is 19.4 Å². The van der Waals surface area contributed by atoms with Gasteiger partial charge in [0.1, 0.15) is 0 Å². The van der Waals surface area contributed by atoms with Gasteiger partial charge in [0.15, 0.2) is 18.1 Å². The number of hydrogen-bond acceptors (Lipinski definition) is 4. The molecule has 0 aliphatic rings. The van der Waals surface area contributed by atoms with Gasteiger partial charge in [0.2, 0.25) is 0 Å². The van der Waals surface area contributed by atoms with Gasteiger partial charge in [-0.15, -0.1) is 0 Å². The number of ether oxygens (including phenoxy) is 2. The van der Waals surface area contributed by atoms with Gasteiger partial charge >= 0.3 is 0 Å². The molecule has 0 radical (unpaired) electrons. The normalized spacial score (nSPS) is 11.7. The van der Waals surface area contributed by atoms with Crippen molar-refractivity contribution in [3.05, 3.63) is 24.3 Å². The topological polar surface area (TPSA) is 73.6 Å². The van der Waals surface area contributed by atoms with Crippen molar-refractivity contribution in [2.24, 2.45) is 5.73 Å². The summed E-state index contributed by atoms with van der Waals surface area (Å²) in [5.74, 6) is 0.977. The fraction of sp³-hybridized carbons (Fsp3) is 0.462. The third kappa shape index (κ3) is 4.25. The molecule has 1 amide bonds. The van der Waals surface area contributed by atoms with E-state index < -0.39 is 0 Å². The SMILES string of the molecule is CCC(CN)NC(=O)COc1ccccc1OC. The average molecular weight is 252 g/mol. The zero-order valence-corrected chi connectivity index (χ0v) is 10.8. The van der Waals surface area contributed by atoms with E-state index in [-0.39, 0.29) is 18.6 Å². The molecular weight excluding hydrogens is 232 g/mol. The Morgan fingerprint density at radius 2 is 2.06 bits per heavy atom. The highest BCUT2D eigenvalue weighted by Crippen LogP contribution is 2.25. The van der Waals surface area contributed by atoms with Crippen LogP contribution < -0.4 is 20.5 Å². The average Bonchev–Trinajstić information content (AvgIpc) is 2.42. The largest absolute Gasteiger partial charge is 0.493 e. The predicted molar refractivity (Wildman–Crippen MR) is 69.8 cm³/mol. The highest BCUT2D eigenvalue weighted by Gasteiger charge is 2.10. The second-order valence-electron chi connectivity index (χ2n) is 3.85. The number of amides is 1. The molecule has 0 aromatic heterocycles. The molecular formula is C13H20N2O3. The van der Waals surface area contributed by atoms with Crippen LogP contribution in [-0.4, -0.2) is 32.2 Å². The first-order chi connectivity index (χ1) is 8.71. The highest BCUT2D eigenvalue weighted by atomic mass is 16.5. The number of carbonyl (C=O) groups is 1. The first-order valence-corrected chi connectivity index (χ1v) is 5.96. The highest BCUT2D eigenvalue weighted by molar-refractivity contribution is 5.77. The third-order valence-electron chi connectivity index (χ3n) is 2.57. The molecule has 0 saturated carbocycles. The van der Waals surface area contributed by atoms with Crippen molar-refractivity contribution >= 4 is 5.91 Å². The third-order valence-corrected chi connectivity index (χ3v) is 2.57. The van der Waals surface area contributed by atoms with Gasteiger partial charge in [0.25, 0.3) is 5.91 Å². The van der Waals surface area contributed by atoms with Crippen LogP contribution in [-0.2, 0) is 4.79 Å². The summed E-state index contributed by atoms with van der Waals surface area (Å²) in [5.41, 5.74) is 5.51. The van der Waals surface area contributed by atoms with Crippen molar-refractivity contribution in [3.63, 3.8) is 0 Å². The molecule has 0 saturated heterocycles.